The molecule has 0 aliphatic heterocycles. The minimum Gasteiger partial charge on any atom is -0.355 e. The molecular formula is C26H25Cl3N2O2. The van der Waals surface area contributed by atoms with Crippen LogP contribution in [0.2, 0.25) is 15.1 Å². The molecule has 3 rings (SSSR count). The van der Waals surface area contributed by atoms with Crippen LogP contribution in [0, 0.1) is 0 Å². The topological polar surface area (TPSA) is 49.4 Å². The molecule has 4 nitrogen and oxygen atoms in total. The lowest BCUT2D eigenvalue weighted by atomic mass is 10.0. The van der Waals surface area contributed by atoms with Crippen LogP contribution in [0.1, 0.15) is 23.6 Å². The van der Waals surface area contributed by atoms with E-state index in [0.717, 1.165) is 16.7 Å². The van der Waals surface area contributed by atoms with Crippen LogP contribution in [0.5, 0.6) is 0 Å². The molecular weight excluding hydrogens is 479 g/mol. The van der Waals surface area contributed by atoms with Gasteiger partial charge in [0.1, 0.15) is 6.04 Å². The first-order chi connectivity index (χ1) is 15.9. The number of halogens is 3. The quantitative estimate of drug-likeness (QED) is 0.391. The van der Waals surface area contributed by atoms with Crippen molar-refractivity contribution in [2.24, 2.45) is 0 Å². The van der Waals surface area contributed by atoms with Gasteiger partial charge in [-0.2, -0.15) is 0 Å². The van der Waals surface area contributed by atoms with Gasteiger partial charge >= 0.3 is 0 Å². The van der Waals surface area contributed by atoms with Crippen molar-refractivity contribution in [3.8, 4) is 0 Å². The number of rotatable bonds is 9. The highest BCUT2D eigenvalue weighted by atomic mass is 35.5. The molecule has 2 amide bonds. The molecule has 1 unspecified atom stereocenters. The molecule has 0 bridgehead atoms. The number of amides is 2. The van der Waals surface area contributed by atoms with Gasteiger partial charge < -0.3 is 10.2 Å². The summed E-state index contributed by atoms with van der Waals surface area (Å²) < 4.78 is 0. The summed E-state index contributed by atoms with van der Waals surface area (Å²) in [6.07, 6.45) is 0.489. The van der Waals surface area contributed by atoms with Gasteiger partial charge in [-0.25, -0.2) is 0 Å². The fraction of sp³-hybridized carbons (Fsp3) is 0.231. The third-order valence-corrected chi connectivity index (χ3v) is 6.22. The highest BCUT2D eigenvalue weighted by Crippen LogP contribution is 2.24. The number of hydrogen-bond donors (Lipinski definition) is 1. The lowest BCUT2D eigenvalue weighted by Crippen LogP contribution is -2.50. The van der Waals surface area contributed by atoms with Gasteiger partial charge in [-0.3, -0.25) is 9.59 Å². The Morgan fingerprint density at radius 2 is 1.52 bits per heavy atom. The van der Waals surface area contributed by atoms with E-state index < -0.39 is 6.04 Å². The predicted molar refractivity (Wildman–Crippen MR) is 135 cm³/mol. The Balaban J connectivity index is 1.95. The molecule has 0 aliphatic carbocycles. The van der Waals surface area contributed by atoms with Gasteiger partial charge in [0.2, 0.25) is 11.8 Å². The van der Waals surface area contributed by atoms with Crippen LogP contribution in [0.15, 0.2) is 72.8 Å². The average molecular weight is 504 g/mol. The van der Waals surface area contributed by atoms with Crippen LogP contribution in [-0.2, 0) is 29.0 Å². The zero-order valence-corrected chi connectivity index (χ0v) is 20.5. The molecule has 0 saturated carbocycles. The molecule has 3 aromatic rings. The monoisotopic (exact) mass is 502 g/mol. The van der Waals surface area contributed by atoms with E-state index in [-0.39, 0.29) is 24.8 Å². The lowest BCUT2D eigenvalue weighted by molar-refractivity contribution is -0.140. The summed E-state index contributed by atoms with van der Waals surface area (Å²) >= 11 is 18.2. The van der Waals surface area contributed by atoms with Crippen molar-refractivity contribution in [1.82, 2.24) is 10.2 Å². The number of nitrogens with one attached hydrogen (secondary N) is 1. The summed E-state index contributed by atoms with van der Waals surface area (Å²) in [6.45, 7) is 2.60. The smallest absolute Gasteiger partial charge is 0.243 e. The Labute approximate surface area is 209 Å². The normalized spacial score (nSPS) is 11.6. The minimum absolute atomic E-state index is 0.0924. The van der Waals surface area contributed by atoms with E-state index in [1.165, 1.54) is 0 Å². The molecule has 0 fully saturated rings. The van der Waals surface area contributed by atoms with Gasteiger partial charge in [0.25, 0.3) is 0 Å². The van der Waals surface area contributed by atoms with E-state index in [0.29, 0.717) is 28.0 Å². The van der Waals surface area contributed by atoms with Crippen LogP contribution < -0.4 is 5.32 Å². The van der Waals surface area contributed by atoms with Crippen molar-refractivity contribution >= 4 is 46.6 Å². The Morgan fingerprint density at radius 3 is 2.15 bits per heavy atom. The van der Waals surface area contributed by atoms with Crippen molar-refractivity contribution in [2.45, 2.75) is 32.4 Å². The number of nitrogens with zero attached hydrogens (tertiary/aromatic N) is 1. The molecule has 0 aliphatic rings. The minimum atomic E-state index is -0.682. The summed E-state index contributed by atoms with van der Waals surface area (Å²) in [4.78, 5) is 28.3. The Hall–Kier alpha value is -2.53. The molecule has 3 aromatic carbocycles. The first-order valence-corrected chi connectivity index (χ1v) is 11.8. The zero-order valence-electron chi connectivity index (χ0n) is 18.2. The third-order valence-electron chi connectivity index (χ3n) is 5.23. The maximum Gasteiger partial charge on any atom is 0.243 e. The van der Waals surface area contributed by atoms with E-state index in [1.807, 2.05) is 49.4 Å². The van der Waals surface area contributed by atoms with Crippen molar-refractivity contribution in [3.63, 3.8) is 0 Å². The van der Waals surface area contributed by atoms with Gasteiger partial charge in [-0.1, -0.05) is 83.3 Å². The van der Waals surface area contributed by atoms with Gasteiger partial charge in [0, 0.05) is 24.5 Å². The molecule has 0 radical (unpaired) electrons. The second-order valence-corrected chi connectivity index (χ2v) is 8.92. The SMILES string of the molecule is CCNC(=O)C(Cc1ccccc1)N(Cc1ccc(Cl)cc1)C(=O)Cc1ccc(Cl)c(Cl)c1. The second kappa shape index (κ2) is 12.1. The van der Waals surface area contributed by atoms with Crippen LogP contribution in [-0.4, -0.2) is 29.3 Å². The number of benzene rings is 3. The summed E-state index contributed by atoms with van der Waals surface area (Å²) in [6, 6.07) is 21.4. The predicted octanol–water partition coefficient (Wildman–Crippen LogP) is 5.97. The molecule has 172 valence electrons. The summed E-state index contributed by atoms with van der Waals surface area (Å²) in [7, 11) is 0. The lowest BCUT2D eigenvalue weighted by Gasteiger charge is -2.31. The van der Waals surface area contributed by atoms with E-state index >= 15 is 0 Å². The fourth-order valence-electron chi connectivity index (χ4n) is 3.56. The van der Waals surface area contributed by atoms with E-state index in [1.54, 1.807) is 35.2 Å². The van der Waals surface area contributed by atoms with Gasteiger partial charge in [0.15, 0.2) is 0 Å². The Kier molecular flexibility index (Phi) is 9.19. The molecule has 1 N–H and O–H groups in total. The van der Waals surface area contributed by atoms with Crippen molar-refractivity contribution in [2.75, 3.05) is 6.54 Å². The summed E-state index contributed by atoms with van der Waals surface area (Å²) in [5.41, 5.74) is 2.58. The number of hydrogen-bond acceptors (Lipinski definition) is 2. The highest BCUT2D eigenvalue weighted by Gasteiger charge is 2.30. The van der Waals surface area contributed by atoms with E-state index in [2.05, 4.69) is 5.32 Å². The van der Waals surface area contributed by atoms with E-state index in [9.17, 15) is 9.59 Å². The Bertz CT molecular complexity index is 1090. The summed E-state index contributed by atoms with van der Waals surface area (Å²) in [5, 5.41) is 4.30. The molecule has 7 heteroatoms. The van der Waals surface area contributed by atoms with Crippen molar-refractivity contribution in [3.05, 3.63) is 105 Å². The Morgan fingerprint density at radius 1 is 0.848 bits per heavy atom. The first-order valence-electron chi connectivity index (χ1n) is 10.7. The highest BCUT2D eigenvalue weighted by molar-refractivity contribution is 6.42. The second-order valence-electron chi connectivity index (χ2n) is 7.67. The maximum atomic E-state index is 13.6. The van der Waals surface area contributed by atoms with Gasteiger partial charge in [-0.15, -0.1) is 0 Å². The number of carbonyl (C=O) groups excluding carboxylic acids is 2. The molecule has 0 heterocycles. The molecule has 0 aromatic heterocycles. The van der Waals surface area contributed by atoms with Gasteiger partial charge in [-0.05, 0) is 47.9 Å². The molecule has 33 heavy (non-hydrogen) atoms. The average Bonchev–Trinajstić information content (AvgIpc) is 2.80. The fourth-order valence-corrected chi connectivity index (χ4v) is 4.00. The van der Waals surface area contributed by atoms with Crippen molar-refractivity contribution < 1.29 is 9.59 Å². The van der Waals surface area contributed by atoms with Crippen LogP contribution in [0.25, 0.3) is 0 Å². The standard InChI is InChI=1S/C26H25Cl3N2O2/c1-2-30-26(33)24(15-18-6-4-3-5-7-18)31(17-19-8-11-21(27)12-9-19)25(32)16-20-10-13-22(28)23(29)14-20/h3-14,24H,2,15-17H2,1H3,(H,30,33). The number of carbonyl (C=O) groups is 2. The molecule has 0 saturated heterocycles. The number of likely N-dealkylation sites (N-methyl/N-ethyl adjacent to an activating group) is 1. The van der Waals surface area contributed by atoms with E-state index in [4.69, 9.17) is 34.8 Å². The molecule has 0 spiro atoms. The summed E-state index contributed by atoms with van der Waals surface area (Å²) in [5.74, 6) is -0.381. The van der Waals surface area contributed by atoms with Crippen molar-refractivity contribution in [1.29, 1.82) is 0 Å². The molecule has 1 atom stereocenters. The first kappa shape index (κ1) is 25.1. The van der Waals surface area contributed by atoms with Crippen LogP contribution in [0.3, 0.4) is 0 Å². The van der Waals surface area contributed by atoms with Crippen LogP contribution >= 0.6 is 34.8 Å². The zero-order chi connectivity index (χ0) is 23.8. The maximum absolute atomic E-state index is 13.6. The van der Waals surface area contributed by atoms with Crippen LogP contribution in [0.4, 0.5) is 0 Å². The van der Waals surface area contributed by atoms with Gasteiger partial charge in [0.05, 0.1) is 16.5 Å². The largest absolute Gasteiger partial charge is 0.355 e. The third kappa shape index (κ3) is 7.23.